The fourth-order valence-corrected chi connectivity index (χ4v) is 5.16. The second-order valence-corrected chi connectivity index (χ2v) is 9.28. The SMILES string of the molecule is CCn1c2ccccc2c2cc(NC(=O)C(C)N3CCN(c4ccc(C(C)=O)cc4)CC3)ccc21. The van der Waals surface area contributed by atoms with Crippen LogP contribution in [0.3, 0.4) is 0 Å². The zero-order chi connectivity index (χ0) is 24.5. The van der Waals surface area contributed by atoms with Crippen LogP contribution in [0.15, 0.2) is 66.7 Å². The summed E-state index contributed by atoms with van der Waals surface area (Å²) in [5.41, 5.74) is 5.09. The lowest BCUT2D eigenvalue weighted by atomic mass is 10.1. The van der Waals surface area contributed by atoms with Crippen LogP contribution in [0, 0.1) is 0 Å². The van der Waals surface area contributed by atoms with E-state index in [2.05, 4.69) is 63.0 Å². The highest BCUT2D eigenvalue weighted by Gasteiger charge is 2.26. The Morgan fingerprint density at radius 2 is 1.57 bits per heavy atom. The first-order valence-corrected chi connectivity index (χ1v) is 12.4. The molecule has 1 aliphatic rings. The molecular formula is C29H32N4O2. The molecule has 1 unspecified atom stereocenters. The third-order valence-corrected chi connectivity index (χ3v) is 7.24. The van der Waals surface area contributed by atoms with E-state index in [0.717, 1.165) is 55.0 Å². The molecule has 6 nitrogen and oxygen atoms in total. The highest BCUT2D eigenvalue weighted by molar-refractivity contribution is 6.10. The molecule has 0 bridgehead atoms. The molecule has 5 rings (SSSR count). The number of nitrogens with zero attached hydrogens (tertiary/aromatic N) is 3. The molecule has 1 aromatic heterocycles. The Bertz CT molecular complexity index is 1380. The Hall–Kier alpha value is -3.64. The number of rotatable bonds is 6. The number of fused-ring (bicyclic) bond motifs is 3. The van der Waals surface area contributed by atoms with E-state index < -0.39 is 0 Å². The first-order valence-electron chi connectivity index (χ1n) is 12.4. The maximum absolute atomic E-state index is 13.1. The molecule has 6 heteroatoms. The fraction of sp³-hybridized carbons (Fsp3) is 0.310. The molecule has 4 aromatic rings. The van der Waals surface area contributed by atoms with Crippen LogP contribution in [-0.4, -0.2) is 53.4 Å². The molecule has 1 atom stereocenters. The number of piperazine rings is 1. The number of amides is 1. The summed E-state index contributed by atoms with van der Waals surface area (Å²) in [6, 6.07) is 22.2. The Morgan fingerprint density at radius 1 is 0.886 bits per heavy atom. The highest BCUT2D eigenvalue weighted by Crippen LogP contribution is 2.31. The van der Waals surface area contributed by atoms with Crippen LogP contribution >= 0.6 is 0 Å². The molecule has 1 aliphatic heterocycles. The number of para-hydroxylation sites is 1. The van der Waals surface area contributed by atoms with Crippen LogP contribution in [0.4, 0.5) is 11.4 Å². The minimum Gasteiger partial charge on any atom is -0.369 e. The molecule has 1 fully saturated rings. The number of anilines is 2. The lowest BCUT2D eigenvalue weighted by Crippen LogP contribution is -2.52. The first-order chi connectivity index (χ1) is 17.0. The third kappa shape index (κ3) is 4.42. The van der Waals surface area contributed by atoms with E-state index in [1.165, 1.54) is 16.4 Å². The molecule has 1 amide bonds. The fourth-order valence-electron chi connectivity index (χ4n) is 5.16. The van der Waals surface area contributed by atoms with Crippen molar-refractivity contribution in [2.24, 2.45) is 0 Å². The van der Waals surface area contributed by atoms with Crippen LogP contribution in [0.1, 0.15) is 31.1 Å². The van der Waals surface area contributed by atoms with Gasteiger partial charge >= 0.3 is 0 Å². The first kappa shape index (κ1) is 23.1. The average molecular weight is 469 g/mol. The highest BCUT2D eigenvalue weighted by atomic mass is 16.2. The number of aromatic nitrogens is 1. The number of ketones is 1. The number of benzene rings is 3. The molecule has 180 valence electrons. The molecule has 3 aromatic carbocycles. The van der Waals surface area contributed by atoms with Crippen LogP contribution in [-0.2, 0) is 11.3 Å². The van der Waals surface area contributed by atoms with Crippen molar-refractivity contribution < 1.29 is 9.59 Å². The summed E-state index contributed by atoms with van der Waals surface area (Å²) < 4.78 is 2.31. The van der Waals surface area contributed by atoms with Gasteiger partial charge in [0, 0.05) is 71.5 Å². The maximum Gasteiger partial charge on any atom is 0.241 e. The van der Waals surface area contributed by atoms with E-state index in [1.807, 2.05) is 37.3 Å². The summed E-state index contributed by atoms with van der Waals surface area (Å²) in [5.74, 6) is 0.0966. The van der Waals surface area contributed by atoms with E-state index in [0.29, 0.717) is 0 Å². The summed E-state index contributed by atoms with van der Waals surface area (Å²) in [7, 11) is 0. The lowest BCUT2D eigenvalue weighted by Gasteiger charge is -2.38. The second-order valence-electron chi connectivity index (χ2n) is 9.28. The van der Waals surface area contributed by atoms with Crippen LogP contribution in [0.2, 0.25) is 0 Å². The van der Waals surface area contributed by atoms with Gasteiger partial charge in [-0.05, 0) is 69.3 Å². The van der Waals surface area contributed by atoms with Crippen molar-refractivity contribution in [1.82, 2.24) is 9.47 Å². The molecule has 35 heavy (non-hydrogen) atoms. The quantitative estimate of drug-likeness (QED) is 0.397. The topological polar surface area (TPSA) is 57.6 Å². The molecule has 1 saturated heterocycles. The van der Waals surface area contributed by atoms with Gasteiger partial charge in [-0.25, -0.2) is 0 Å². The largest absolute Gasteiger partial charge is 0.369 e. The van der Waals surface area contributed by atoms with Gasteiger partial charge in [0.15, 0.2) is 5.78 Å². The zero-order valence-corrected chi connectivity index (χ0v) is 20.6. The number of aryl methyl sites for hydroxylation is 1. The summed E-state index contributed by atoms with van der Waals surface area (Å²) in [6.45, 7) is 9.94. The van der Waals surface area contributed by atoms with Gasteiger partial charge in [-0.1, -0.05) is 18.2 Å². The zero-order valence-electron chi connectivity index (χ0n) is 20.6. The van der Waals surface area contributed by atoms with Gasteiger partial charge < -0.3 is 14.8 Å². The summed E-state index contributed by atoms with van der Waals surface area (Å²) in [5, 5.41) is 5.52. The summed E-state index contributed by atoms with van der Waals surface area (Å²) >= 11 is 0. The number of hydrogen-bond donors (Lipinski definition) is 1. The van der Waals surface area contributed by atoms with Gasteiger partial charge in [0.25, 0.3) is 0 Å². The van der Waals surface area contributed by atoms with Gasteiger partial charge in [0.05, 0.1) is 6.04 Å². The Balaban J connectivity index is 1.25. The van der Waals surface area contributed by atoms with E-state index in [9.17, 15) is 9.59 Å². The van der Waals surface area contributed by atoms with Crippen molar-refractivity contribution in [3.05, 3.63) is 72.3 Å². The number of hydrogen-bond acceptors (Lipinski definition) is 4. The summed E-state index contributed by atoms with van der Waals surface area (Å²) in [6.07, 6.45) is 0. The molecule has 0 saturated carbocycles. The van der Waals surface area contributed by atoms with E-state index in [-0.39, 0.29) is 17.7 Å². The number of Topliss-reactive ketones (excluding diaryl/α,β-unsaturated/α-hetero) is 1. The van der Waals surface area contributed by atoms with E-state index in [4.69, 9.17) is 0 Å². The Morgan fingerprint density at radius 3 is 2.26 bits per heavy atom. The third-order valence-electron chi connectivity index (χ3n) is 7.24. The minimum atomic E-state index is -0.218. The smallest absolute Gasteiger partial charge is 0.241 e. The van der Waals surface area contributed by atoms with Gasteiger partial charge in [-0.2, -0.15) is 0 Å². The molecule has 0 aliphatic carbocycles. The summed E-state index contributed by atoms with van der Waals surface area (Å²) in [4.78, 5) is 29.2. The van der Waals surface area contributed by atoms with Crippen molar-refractivity contribution in [1.29, 1.82) is 0 Å². The maximum atomic E-state index is 13.1. The van der Waals surface area contributed by atoms with E-state index in [1.54, 1.807) is 6.92 Å². The van der Waals surface area contributed by atoms with Gasteiger partial charge in [0.1, 0.15) is 0 Å². The Kier molecular flexibility index (Phi) is 6.31. The predicted octanol–water partition coefficient (Wildman–Crippen LogP) is 5.17. The predicted molar refractivity (Wildman–Crippen MR) is 143 cm³/mol. The molecular weight excluding hydrogens is 436 g/mol. The van der Waals surface area contributed by atoms with Crippen molar-refractivity contribution in [3.8, 4) is 0 Å². The van der Waals surface area contributed by atoms with Gasteiger partial charge in [0.2, 0.25) is 5.91 Å². The number of carbonyl (C=O) groups excluding carboxylic acids is 2. The molecule has 0 radical (unpaired) electrons. The second kappa shape index (κ2) is 9.55. The standard InChI is InChI=1S/C29H32N4O2/c1-4-33-27-8-6-5-7-25(27)26-19-23(11-14-28(26)33)30-29(35)20(2)31-15-17-32(18-16-31)24-12-9-22(10-13-24)21(3)34/h5-14,19-20H,4,15-18H2,1-3H3,(H,30,35). The lowest BCUT2D eigenvalue weighted by molar-refractivity contribution is -0.120. The van der Waals surface area contributed by atoms with E-state index >= 15 is 0 Å². The molecule has 0 spiro atoms. The van der Waals surface area contributed by atoms with Crippen LogP contribution in [0.25, 0.3) is 21.8 Å². The van der Waals surface area contributed by atoms with Gasteiger partial charge in [-0.3, -0.25) is 14.5 Å². The van der Waals surface area contributed by atoms with Crippen molar-refractivity contribution >= 4 is 44.9 Å². The van der Waals surface area contributed by atoms with Crippen molar-refractivity contribution in [2.75, 3.05) is 36.4 Å². The van der Waals surface area contributed by atoms with Crippen molar-refractivity contribution in [3.63, 3.8) is 0 Å². The number of nitrogens with one attached hydrogen (secondary N) is 1. The van der Waals surface area contributed by atoms with Crippen LogP contribution < -0.4 is 10.2 Å². The van der Waals surface area contributed by atoms with Crippen molar-refractivity contribution in [2.45, 2.75) is 33.4 Å². The average Bonchev–Trinajstić information content (AvgIpc) is 3.21. The molecule has 2 heterocycles. The normalized spacial score (nSPS) is 15.5. The minimum absolute atomic E-state index is 0.0165. The Labute approximate surface area is 206 Å². The molecule has 1 N–H and O–H groups in total. The monoisotopic (exact) mass is 468 g/mol. The number of carbonyl (C=O) groups is 2. The van der Waals surface area contributed by atoms with Gasteiger partial charge in [-0.15, -0.1) is 0 Å². The van der Waals surface area contributed by atoms with Crippen LogP contribution in [0.5, 0.6) is 0 Å².